The maximum absolute atomic E-state index is 12.7. The van der Waals surface area contributed by atoms with Gasteiger partial charge in [0.2, 0.25) is 5.91 Å². The van der Waals surface area contributed by atoms with E-state index in [1.165, 1.54) is 0 Å². The molecule has 1 spiro atoms. The topological polar surface area (TPSA) is 85.9 Å². The summed E-state index contributed by atoms with van der Waals surface area (Å²) >= 11 is 0. The molecule has 5 rings (SSSR count). The van der Waals surface area contributed by atoms with E-state index in [1.807, 2.05) is 0 Å². The minimum Gasteiger partial charge on any atom is -0.497 e. The summed E-state index contributed by atoms with van der Waals surface area (Å²) in [7, 11) is 3.26. The van der Waals surface area contributed by atoms with Crippen molar-refractivity contribution in [2.45, 2.75) is 37.8 Å². The molecule has 1 heterocycles. The highest BCUT2D eigenvalue weighted by Crippen LogP contribution is 2.52. The summed E-state index contributed by atoms with van der Waals surface area (Å²) in [5, 5.41) is 6.17. The standard InChI is InChI=1S/C21H28N2O5/c1-26-9-3-8-22-19(24)17-10-14-5-4-13(17)12-21(14)23-20(25)16-7-6-15(27-2)11-18(16)28-21/h6-7,11,13-14,17H,3-5,8-10,12H2,1-2H3,(H,22,24)(H,23,25)/t13-,14+,17+,21-/m0/s1. The molecule has 152 valence electrons. The molecule has 3 saturated carbocycles. The van der Waals surface area contributed by atoms with Crippen LogP contribution in [0.2, 0.25) is 0 Å². The first-order valence-electron chi connectivity index (χ1n) is 10.0. The highest BCUT2D eigenvalue weighted by Gasteiger charge is 2.57. The zero-order chi connectivity index (χ0) is 19.7. The monoisotopic (exact) mass is 388 g/mol. The molecule has 4 atom stereocenters. The number of rotatable bonds is 6. The number of carbonyl (C=O) groups excluding carboxylic acids is 2. The number of methoxy groups -OCH3 is 2. The van der Waals surface area contributed by atoms with Crippen LogP contribution in [0.15, 0.2) is 18.2 Å². The van der Waals surface area contributed by atoms with E-state index < -0.39 is 5.72 Å². The molecule has 1 aromatic rings. The van der Waals surface area contributed by atoms with Crippen LogP contribution in [-0.4, -0.2) is 44.9 Å². The summed E-state index contributed by atoms with van der Waals surface area (Å²) in [5.41, 5.74) is -0.188. The van der Waals surface area contributed by atoms with Crippen LogP contribution in [0.5, 0.6) is 11.5 Å². The Morgan fingerprint density at radius 2 is 2.21 bits per heavy atom. The smallest absolute Gasteiger partial charge is 0.258 e. The normalized spacial score (nSPS) is 30.4. The second kappa shape index (κ2) is 7.62. The molecule has 1 aromatic carbocycles. The molecule has 1 aliphatic heterocycles. The first-order chi connectivity index (χ1) is 13.6. The van der Waals surface area contributed by atoms with E-state index in [0.29, 0.717) is 36.6 Å². The summed E-state index contributed by atoms with van der Waals surface area (Å²) in [6, 6.07) is 5.27. The van der Waals surface area contributed by atoms with Crippen LogP contribution in [0, 0.1) is 17.8 Å². The van der Waals surface area contributed by atoms with Gasteiger partial charge in [0.25, 0.3) is 5.91 Å². The lowest BCUT2D eigenvalue weighted by Crippen LogP contribution is -2.66. The van der Waals surface area contributed by atoms with Crippen molar-refractivity contribution >= 4 is 11.8 Å². The zero-order valence-corrected chi connectivity index (χ0v) is 16.5. The number of amides is 2. The molecule has 4 aliphatic rings. The molecule has 7 nitrogen and oxygen atoms in total. The van der Waals surface area contributed by atoms with Crippen molar-refractivity contribution in [3.8, 4) is 11.5 Å². The average molecular weight is 388 g/mol. The van der Waals surface area contributed by atoms with Crippen LogP contribution in [-0.2, 0) is 9.53 Å². The Morgan fingerprint density at radius 1 is 1.36 bits per heavy atom. The summed E-state index contributed by atoms with van der Waals surface area (Å²) in [4.78, 5) is 25.4. The predicted molar refractivity (Wildman–Crippen MR) is 102 cm³/mol. The summed E-state index contributed by atoms with van der Waals surface area (Å²) < 4.78 is 16.7. The predicted octanol–water partition coefficient (Wildman–Crippen LogP) is 2.10. The third kappa shape index (κ3) is 3.32. The van der Waals surface area contributed by atoms with E-state index in [-0.39, 0.29) is 29.6 Å². The highest BCUT2D eigenvalue weighted by atomic mass is 16.5. The fourth-order valence-electron chi connectivity index (χ4n) is 5.00. The van der Waals surface area contributed by atoms with Crippen LogP contribution in [0.1, 0.15) is 42.5 Å². The minimum absolute atomic E-state index is 0.0147. The van der Waals surface area contributed by atoms with Crippen molar-refractivity contribution < 1.29 is 23.8 Å². The van der Waals surface area contributed by atoms with E-state index in [1.54, 1.807) is 32.4 Å². The number of nitrogens with one attached hydrogen (secondary N) is 2. The van der Waals surface area contributed by atoms with Crippen LogP contribution in [0.4, 0.5) is 0 Å². The Balaban J connectivity index is 1.48. The van der Waals surface area contributed by atoms with Crippen molar-refractivity contribution in [1.29, 1.82) is 0 Å². The third-order valence-electron chi connectivity index (χ3n) is 6.43. The first kappa shape index (κ1) is 19.1. The summed E-state index contributed by atoms with van der Waals surface area (Å²) in [6.45, 7) is 1.27. The molecular formula is C21H28N2O5. The summed E-state index contributed by atoms with van der Waals surface area (Å²) in [5.74, 6) is 1.55. The SMILES string of the molecule is COCCCNC(=O)[C@@H]1C[C@H]2CC[C@H]1C[C@@]21NC(=O)c2ccc(OC)cc2O1. The second-order valence-electron chi connectivity index (χ2n) is 8.03. The Labute approximate surface area is 165 Å². The Hall–Kier alpha value is -2.28. The lowest BCUT2D eigenvalue weighted by Gasteiger charge is -2.55. The Morgan fingerprint density at radius 3 is 2.93 bits per heavy atom. The second-order valence-corrected chi connectivity index (χ2v) is 8.03. The lowest BCUT2D eigenvalue weighted by atomic mass is 9.60. The van der Waals surface area contributed by atoms with Gasteiger partial charge in [-0.3, -0.25) is 9.59 Å². The van der Waals surface area contributed by atoms with Crippen LogP contribution < -0.4 is 20.1 Å². The van der Waals surface area contributed by atoms with Gasteiger partial charge in [0.1, 0.15) is 11.5 Å². The molecule has 28 heavy (non-hydrogen) atoms. The van der Waals surface area contributed by atoms with E-state index >= 15 is 0 Å². The number of benzene rings is 1. The van der Waals surface area contributed by atoms with Crippen molar-refractivity contribution in [2.75, 3.05) is 27.4 Å². The van der Waals surface area contributed by atoms with E-state index in [2.05, 4.69) is 10.6 Å². The van der Waals surface area contributed by atoms with Crippen LogP contribution >= 0.6 is 0 Å². The maximum atomic E-state index is 12.7. The Kier molecular flexibility index (Phi) is 5.19. The zero-order valence-electron chi connectivity index (χ0n) is 16.5. The van der Waals surface area contributed by atoms with Crippen molar-refractivity contribution in [3.05, 3.63) is 23.8 Å². The van der Waals surface area contributed by atoms with Crippen LogP contribution in [0.25, 0.3) is 0 Å². The van der Waals surface area contributed by atoms with Gasteiger partial charge in [-0.15, -0.1) is 0 Å². The fraction of sp³-hybridized carbons (Fsp3) is 0.619. The highest BCUT2D eigenvalue weighted by molar-refractivity contribution is 5.98. The number of hydrogen-bond acceptors (Lipinski definition) is 5. The third-order valence-corrected chi connectivity index (χ3v) is 6.43. The number of carbonyl (C=O) groups is 2. The Bertz CT molecular complexity index is 767. The van der Waals surface area contributed by atoms with Gasteiger partial charge in [-0.25, -0.2) is 0 Å². The first-order valence-corrected chi connectivity index (χ1v) is 10.0. The fourth-order valence-corrected chi connectivity index (χ4v) is 5.00. The maximum Gasteiger partial charge on any atom is 0.258 e. The van der Waals surface area contributed by atoms with Crippen molar-refractivity contribution in [2.24, 2.45) is 17.8 Å². The van der Waals surface area contributed by atoms with Gasteiger partial charge in [0.15, 0.2) is 5.72 Å². The number of hydrogen-bond donors (Lipinski definition) is 2. The van der Waals surface area contributed by atoms with Gasteiger partial charge in [-0.05, 0) is 43.7 Å². The molecule has 3 aliphatic carbocycles. The molecule has 3 fully saturated rings. The number of fused-ring (bicyclic) bond motifs is 3. The number of ether oxygens (including phenoxy) is 3. The molecule has 2 bridgehead atoms. The quantitative estimate of drug-likeness (QED) is 0.729. The van der Waals surface area contributed by atoms with E-state index in [9.17, 15) is 9.59 Å². The molecule has 0 saturated heterocycles. The molecule has 0 unspecified atom stereocenters. The van der Waals surface area contributed by atoms with Crippen molar-refractivity contribution in [3.63, 3.8) is 0 Å². The van der Waals surface area contributed by atoms with E-state index in [0.717, 1.165) is 25.7 Å². The molecule has 2 amide bonds. The molecule has 2 N–H and O–H groups in total. The molecule has 0 aromatic heterocycles. The van der Waals surface area contributed by atoms with Gasteiger partial charge in [-0.1, -0.05) is 0 Å². The van der Waals surface area contributed by atoms with E-state index in [4.69, 9.17) is 14.2 Å². The van der Waals surface area contributed by atoms with Gasteiger partial charge in [0.05, 0.1) is 12.7 Å². The van der Waals surface area contributed by atoms with Crippen molar-refractivity contribution in [1.82, 2.24) is 10.6 Å². The minimum atomic E-state index is -0.716. The average Bonchev–Trinajstić information content (AvgIpc) is 2.70. The molecule has 0 radical (unpaired) electrons. The largest absolute Gasteiger partial charge is 0.497 e. The van der Waals surface area contributed by atoms with Gasteiger partial charge < -0.3 is 24.8 Å². The summed E-state index contributed by atoms with van der Waals surface area (Å²) in [6.07, 6.45) is 4.16. The van der Waals surface area contributed by atoms with Gasteiger partial charge >= 0.3 is 0 Å². The van der Waals surface area contributed by atoms with Gasteiger partial charge in [-0.2, -0.15) is 0 Å². The van der Waals surface area contributed by atoms with Crippen LogP contribution in [0.3, 0.4) is 0 Å². The molecule has 7 heteroatoms. The van der Waals surface area contributed by atoms with Gasteiger partial charge in [0, 0.05) is 44.6 Å². The molecular weight excluding hydrogens is 360 g/mol. The lowest BCUT2D eigenvalue weighted by molar-refractivity contribution is -0.146.